The summed E-state index contributed by atoms with van der Waals surface area (Å²) in [5.74, 6) is 0.0407. The van der Waals surface area contributed by atoms with Crippen molar-refractivity contribution in [2.75, 3.05) is 19.7 Å². The quantitative estimate of drug-likeness (QED) is 0.529. The zero-order valence-electron chi connectivity index (χ0n) is 17.6. The van der Waals surface area contributed by atoms with Gasteiger partial charge in [-0.25, -0.2) is 4.39 Å². The van der Waals surface area contributed by atoms with Gasteiger partial charge in [-0.15, -0.1) is 0 Å². The summed E-state index contributed by atoms with van der Waals surface area (Å²) in [6, 6.07) is 13.8. The highest BCUT2D eigenvalue weighted by atomic mass is 19.1. The zero-order valence-corrected chi connectivity index (χ0v) is 17.6. The highest BCUT2D eigenvalue weighted by molar-refractivity contribution is 5.77. The van der Waals surface area contributed by atoms with Crippen molar-refractivity contribution in [3.05, 3.63) is 72.0 Å². The Balaban J connectivity index is 1.56. The highest BCUT2D eigenvalue weighted by Crippen LogP contribution is 2.36. The Hall–Kier alpha value is -3.06. The number of piperidine rings is 1. The van der Waals surface area contributed by atoms with E-state index in [0.29, 0.717) is 49.6 Å². The molecule has 0 amide bonds. The lowest BCUT2D eigenvalue weighted by atomic mass is 9.76. The summed E-state index contributed by atoms with van der Waals surface area (Å²) in [6.45, 7) is 4.26. The smallest absolute Gasteiger partial charge is 0.313 e. The van der Waals surface area contributed by atoms with Crippen molar-refractivity contribution in [2.24, 2.45) is 5.41 Å². The Morgan fingerprint density at radius 1 is 1.26 bits per heavy atom. The van der Waals surface area contributed by atoms with Gasteiger partial charge in [0.1, 0.15) is 17.3 Å². The van der Waals surface area contributed by atoms with Crippen molar-refractivity contribution < 1.29 is 18.4 Å². The summed E-state index contributed by atoms with van der Waals surface area (Å²) in [6.07, 6.45) is 3.74. The SMILES string of the molecule is CCOC(=O)C1(Cc2cc(-c3cccc(F)c3)no2)CCCN(Cc2ccccn2)C1. The molecule has 0 bridgehead atoms. The molecule has 1 fully saturated rings. The van der Waals surface area contributed by atoms with Crippen LogP contribution >= 0.6 is 0 Å². The van der Waals surface area contributed by atoms with Crippen LogP contribution in [0.2, 0.25) is 0 Å². The number of carbonyl (C=O) groups excluding carboxylic acids is 1. The first-order valence-corrected chi connectivity index (χ1v) is 10.6. The van der Waals surface area contributed by atoms with Crippen molar-refractivity contribution in [2.45, 2.75) is 32.7 Å². The maximum atomic E-state index is 13.6. The standard InChI is InChI=1S/C24H26FN3O3/c1-2-30-23(29)24(10-6-12-28(17-24)16-20-9-3-4-11-26-20)15-21-14-22(27-31-21)18-7-5-8-19(25)13-18/h3-5,7-9,11,13-14H,2,6,10,12,15-17H2,1H3. The molecule has 1 atom stereocenters. The molecule has 162 valence electrons. The predicted octanol–water partition coefficient (Wildman–Crippen LogP) is 4.26. The van der Waals surface area contributed by atoms with Crippen molar-refractivity contribution in [3.8, 4) is 11.3 Å². The third kappa shape index (κ3) is 4.99. The second kappa shape index (κ2) is 9.39. The van der Waals surface area contributed by atoms with Crippen LogP contribution in [0.1, 0.15) is 31.2 Å². The van der Waals surface area contributed by atoms with Crippen LogP contribution in [-0.4, -0.2) is 40.7 Å². The van der Waals surface area contributed by atoms with Gasteiger partial charge in [-0.2, -0.15) is 0 Å². The molecule has 1 aliphatic rings. The van der Waals surface area contributed by atoms with E-state index in [-0.39, 0.29) is 11.8 Å². The molecule has 2 aromatic heterocycles. The number of ether oxygens (including phenoxy) is 1. The van der Waals surface area contributed by atoms with Crippen molar-refractivity contribution >= 4 is 5.97 Å². The van der Waals surface area contributed by atoms with E-state index in [4.69, 9.17) is 9.26 Å². The number of hydrogen-bond acceptors (Lipinski definition) is 6. The number of halogens is 1. The maximum Gasteiger partial charge on any atom is 0.313 e. The van der Waals surface area contributed by atoms with Crippen molar-refractivity contribution in [1.82, 2.24) is 15.0 Å². The molecular weight excluding hydrogens is 397 g/mol. The molecule has 1 saturated heterocycles. The average molecular weight is 423 g/mol. The molecule has 0 spiro atoms. The minimum atomic E-state index is -0.720. The number of pyridine rings is 1. The number of rotatable bonds is 7. The lowest BCUT2D eigenvalue weighted by Gasteiger charge is -2.40. The van der Waals surface area contributed by atoms with Crippen LogP contribution in [0.4, 0.5) is 4.39 Å². The Kier molecular flexibility index (Phi) is 6.42. The summed E-state index contributed by atoms with van der Waals surface area (Å²) < 4.78 is 24.6. The second-order valence-corrected chi connectivity index (χ2v) is 8.00. The number of carbonyl (C=O) groups is 1. The van der Waals surface area contributed by atoms with Crippen LogP contribution in [0.25, 0.3) is 11.3 Å². The molecule has 4 rings (SSSR count). The topological polar surface area (TPSA) is 68.5 Å². The Morgan fingerprint density at radius 2 is 2.16 bits per heavy atom. The summed E-state index contributed by atoms with van der Waals surface area (Å²) in [7, 11) is 0. The third-order valence-corrected chi connectivity index (χ3v) is 5.67. The van der Waals surface area contributed by atoms with Gasteiger partial charge in [0, 0.05) is 37.3 Å². The summed E-state index contributed by atoms with van der Waals surface area (Å²) in [5.41, 5.74) is 1.44. The molecule has 1 aliphatic heterocycles. The van der Waals surface area contributed by atoms with E-state index in [1.54, 1.807) is 24.4 Å². The molecular formula is C24H26FN3O3. The number of hydrogen-bond donors (Lipinski definition) is 0. The molecule has 0 radical (unpaired) electrons. The molecule has 3 heterocycles. The highest BCUT2D eigenvalue weighted by Gasteiger charge is 2.44. The molecule has 0 aliphatic carbocycles. The van der Waals surface area contributed by atoms with Gasteiger partial charge in [0.25, 0.3) is 0 Å². The third-order valence-electron chi connectivity index (χ3n) is 5.67. The van der Waals surface area contributed by atoms with Gasteiger partial charge in [0.15, 0.2) is 0 Å². The Labute approximate surface area is 181 Å². The number of benzene rings is 1. The van der Waals surface area contributed by atoms with E-state index < -0.39 is 5.41 Å². The first-order valence-electron chi connectivity index (χ1n) is 10.6. The van der Waals surface area contributed by atoms with Crippen LogP contribution < -0.4 is 0 Å². The number of aromatic nitrogens is 2. The van der Waals surface area contributed by atoms with Gasteiger partial charge < -0.3 is 9.26 Å². The molecule has 31 heavy (non-hydrogen) atoms. The van der Waals surface area contributed by atoms with Gasteiger partial charge in [-0.05, 0) is 50.6 Å². The number of likely N-dealkylation sites (tertiary alicyclic amines) is 1. The van der Waals surface area contributed by atoms with Gasteiger partial charge in [-0.1, -0.05) is 23.4 Å². The fourth-order valence-electron chi connectivity index (χ4n) is 4.26. The Morgan fingerprint density at radius 3 is 2.94 bits per heavy atom. The van der Waals surface area contributed by atoms with Crippen LogP contribution in [0.5, 0.6) is 0 Å². The van der Waals surface area contributed by atoms with Gasteiger partial charge in [0.05, 0.1) is 17.7 Å². The van der Waals surface area contributed by atoms with Crippen LogP contribution in [-0.2, 0) is 22.5 Å². The fraction of sp³-hybridized carbons (Fsp3) is 0.375. The predicted molar refractivity (Wildman–Crippen MR) is 113 cm³/mol. The molecule has 0 N–H and O–H groups in total. The molecule has 1 unspecified atom stereocenters. The Bertz CT molecular complexity index is 1020. The average Bonchev–Trinajstić information content (AvgIpc) is 3.23. The fourth-order valence-corrected chi connectivity index (χ4v) is 4.26. The van der Waals surface area contributed by atoms with Crippen molar-refractivity contribution in [1.29, 1.82) is 0 Å². The molecule has 0 saturated carbocycles. The van der Waals surface area contributed by atoms with E-state index in [1.807, 2.05) is 25.1 Å². The van der Waals surface area contributed by atoms with Gasteiger partial charge >= 0.3 is 5.97 Å². The largest absolute Gasteiger partial charge is 0.466 e. The zero-order chi connectivity index (χ0) is 21.7. The second-order valence-electron chi connectivity index (χ2n) is 8.00. The van der Waals surface area contributed by atoms with Crippen molar-refractivity contribution in [3.63, 3.8) is 0 Å². The first-order chi connectivity index (χ1) is 15.1. The van der Waals surface area contributed by atoms with Gasteiger partial charge in [0.2, 0.25) is 0 Å². The monoisotopic (exact) mass is 423 g/mol. The van der Waals surface area contributed by atoms with E-state index in [1.165, 1.54) is 12.1 Å². The lowest BCUT2D eigenvalue weighted by molar-refractivity contribution is -0.159. The number of nitrogens with zero attached hydrogens (tertiary/aromatic N) is 3. The summed E-state index contributed by atoms with van der Waals surface area (Å²) in [4.78, 5) is 19.7. The number of esters is 1. The van der Waals surface area contributed by atoms with E-state index in [2.05, 4.69) is 15.0 Å². The lowest BCUT2D eigenvalue weighted by Crippen LogP contribution is -2.49. The minimum Gasteiger partial charge on any atom is -0.466 e. The first kappa shape index (κ1) is 21.2. The molecule has 7 heteroatoms. The maximum absolute atomic E-state index is 13.6. The van der Waals surface area contributed by atoms with Gasteiger partial charge in [-0.3, -0.25) is 14.7 Å². The minimum absolute atomic E-state index is 0.218. The summed E-state index contributed by atoms with van der Waals surface area (Å²) >= 11 is 0. The van der Waals surface area contributed by atoms with Crippen LogP contribution in [0.15, 0.2) is 59.3 Å². The summed E-state index contributed by atoms with van der Waals surface area (Å²) in [5, 5.41) is 4.10. The van der Waals surface area contributed by atoms with Crippen LogP contribution in [0, 0.1) is 11.2 Å². The van der Waals surface area contributed by atoms with E-state index >= 15 is 0 Å². The van der Waals surface area contributed by atoms with E-state index in [9.17, 15) is 9.18 Å². The van der Waals surface area contributed by atoms with E-state index in [0.717, 1.165) is 18.7 Å². The normalized spacial score (nSPS) is 19.3. The molecule has 1 aromatic carbocycles. The molecule has 6 nitrogen and oxygen atoms in total. The molecule has 3 aromatic rings. The van der Waals surface area contributed by atoms with Crippen LogP contribution in [0.3, 0.4) is 0 Å².